The Kier molecular flexibility index (Phi) is 3.15. The van der Waals surface area contributed by atoms with Gasteiger partial charge in [0, 0.05) is 29.1 Å². The number of aryl methyl sites for hydroxylation is 1. The predicted molar refractivity (Wildman–Crippen MR) is 75.6 cm³/mol. The van der Waals surface area contributed by atoms with Gasteiger partial charge in [0.15, 0.2) is 5.78 Å². The first-order valence-electron chi connectivity index (χ1n) is 6.25. The second-order valence-electron chi connectivity index (χ2n) is 4.58. The van der Waals surface area contributed by atoms with Crippen molar-refractivity contribution in [3.05, 3.63) is 51.7 Å². The van der Waals surface area contributed by atoms with Crippen LogP contribution in [-0.2, 0) is 12.8 Å². The highest BCUT2D eigenvalue weighted by Gasteiger charge is 2.13. The summed E-state index contributed by atoms with van der Waals surface area (Å²) < 4.78 is 0. The number of hydrogen-bond donors (Lipinski definition) is 1. The van der Waals surface area contributed by atoms with Crippen LogP contribution in [0, 0.1) is 0 Å². The number of benzene rings is 1. The smallest absolute Gasteiger partial charge is 0.168 e. The monoisotopic (exact) mass is 257 g/mol. The number of fused-ring (bicyclic) bond motifs is 1. The summed E-state index contributed by atoms with van der Waals surface area (Å²) in [5.41, 5.74) is 3.30. The number of Topliss-reactive ketones (excluding diaryl/α,β-unsaturated/α-hetero) is 1. The molecule has 1 aromatic carbocycles. The Balaban J connectivity index is 1.81. The summed E-state index contributed by atoms with van der Waals surface area (Å²) >= 11 is 1.64. The van der Waals surface area contributed by atoms with Gasteiger partial charge in [-0.15, -0.1) is 11.3 Å². The molecule has 2 nitrogen and oxygen atoms in total. The van der Waals surface area contributed by atoms with E-state index in [9.17, 15) is 4.79 Å². The van der Waals surface area contributed by atoms with E-state index in [0.717, 1.165) is 29.8 Å². The van der Waals surface area contributed by atoms with Crippen molar-refractivity contribution in [2.45, 2.75) is 19.3 Å². The van der Waals surface area contributed by atoms with Gasteiger partial charge >= 0.3 is 0 Å². The maximum absolute atomic E-state index is 12.2. The van der Waals surface area contributed by atoms with E-state index in [1.807, 2.05) is 29.6 Å². The number of ketones is 1. The molecule has 0 saturated heterocycles. The second kappa shape index (κ2) is 4.94. The van der Waals surface area contributed by atoms with Gasteiger partial charge < -0.3 is 5.32 Å². The molecule has 1 N–H and O–H groups in total. The van der Waals surface area contributed by atoms with E-state index >= 15 is 0 Å². The summed E-state index contributed by atoms with van der Waals surface area (Å²) in [6, 6.07) is 10.0. The highest BCUT2D eigenvalue weighted by Crippen LogP contribution is 2.24. The van der Waals surface area contributed by atoms with Crippen molar-refractivity contribution in [3.63, 3.8) is 0 Å². The molecule has 0 bridgehead atoms. The quantitative estimate of drug-likeness (QED) is 0.852. The minimum atomic E-state index is 0.214. The number of rotatable bonds is 3. The fourth-order valence-corrected chi connectivity index (χ4v) is 3.03. The van der Waals surface area contributed by atoms with E-state index in [0.29, 0.717) is 6.42 Å². The molecule has 0 amide bonds. The first-order valence-corrected chi connectivity index (χ1v) is 7.13. The minimum absolute atomic E-state index is 0.214. The van der Waals surface area contributed by atoms with Gasteiger partial charge in [-0.25, -0.2) is 0 Å². The molecule has 0 saturated carbocycles. The number of hydrogen-bond acceptors (Lipinski definition) is 3. The average molecular weight is 257 g/mol. The number of nitrogens with one attached hydrogen (secondary N) is 1. The molecule has 0 atom stereocenters. The Morgan fingerprint density at radius 2 is 2.28 bits per heavy atom. The molecular weight excluding hydrogens is 242 g/mol. The Morgan fingerprint density at radius 3 is 3.11 bits per heavy atom. The lowest BCUT2D eigenvalue weighted by Gasteiger charge is -2.18. The fourth-order valence-electron chi connectivity index (χ4n) is 2.32. The lowest BCUT2D eigenvalue weighted by Crippen LogP contribution is -2.13. The van der Waals surface area contributed by atoms with E-state index < -0.39 is 0 Å². The third-order valence-corrected chi connectivity index (χ3v) is 4.16. The van der Waals surface area contributed by atoms with Crippen LogP contribution in [0.1, 0.15) is 27.2 Å². The molecule has 0 radical (unpaired) electrons. The van der Waals surface area contributed by atoms with Crippen molar-refractivity contribution in [3.8, 4) is 0 Å². The van der Waals surface area contributed by atoms with Crippen molar-refractivity contribution in [1.82, 2.24) is 0 Å². The Morgan fingerprint density at radius 1 is 1.33 bits per heavy atom. The van der Waals surface area contributed by atoms with Gasteiger partial charge in [0.1, 0.15) is 0 Å². The standard InChI is InChI=1S/C15H15NOS/c17-15(10-13-4-2-8-18-13)12-5-6-14-11(9-12)3-1-7-16-14/h2,4-6,8-9,16H,1,3,7,10H2. The molecular formula is C15H15NOS. The molecule has 3 heteroatoms. The van der Waals surface area contributed by atoms with E-state index in [1.165, 1.54) is 11.3 Å². The van der Waals surface area contributed by atoms with Crippen LogP contribution in [0.25, 0.3) is 0 Å². The molecule has 2 heterocycles. The van der Waals surface area contributed by atoms with Gasteiger partial charge in [0.25, 0.3) is 0 Å². The number of thiophene rings is 1. The van der Waals surface area contributed by atoms with Crippen molar-refractivity contribution in [1.29, 1.82) is 0 Å². The molecule has 2 aromatic rings. The van der Waals surface area contributed by atoms with Gasteiger partial charge in [0.2, 0.25) is 0 Å². The van der Waals surface area contributed by atoms with Crippen LogP contribution in [0.15, 0.2) is 35.7 Å². The molecule has 1 aromatic heterocycles. The van der Waals surface area contributed by atoms with Gasteiger partial charge in [-0.1, -0.05) is 6.07 Å². The van der Waals surface area contributed by atoms with Crippen LogP contribution in [0.3, 0.4) is 0 Å². The normalized spacial score (nSPS) is 13.8. The summed E-state index contributed by atoms with van der Waals surface area (Å²) in [6.07, 6.45) is 2.74. The minimum Gasteiger partial charge on any atom is -0.385 e. The summed E-state index contributed by atoms with van der Waals surface area (Å²) in [5.74, 6) is 0.214. The molecule has 0 fully saturated rings. The van der Waals surface area contributed by atoms with E-state index in [2.05, 4.69) is 11.4 Å². The molecule has 18 heavy (non-hydrogen) atoms. The lowest BCUT2D eigenvalue weighted by molar-refractivity contribution is 0.0994. The topological polar surface area (TPSA) is 29.1 Å². The Labute approximate surface area is 111 Å². The fraction of sp³-hybridized carbons (Fsp3) is 0.267. The zero-order valence-electron chi connectivity index (χ0n) is 10.1. The van der Waals surface area contributed by atoms with Gasteiger partial charge in [0.05, 0.1) is 0 Å². The zero-order chi connectivity index (χ0) is 12.4. The molecule has 0 spiro atoms. The third kappa shape index (κ3) is 2.31. The van der Waals surface area contributed by atoms with Crippen molar-refractivity contribution >= 4 is 22.8 Å². The highest BCUT2D eigenvalue weighted by molar-refractivity contribution is 7.10. The SMILES string of the molecule is O=C(Cc1cccs1)c1ccc2c(c1)CCCN2. The number of anilines is 1. The molecule has 1 aliphatic heterocycles. The molecule has 0 unspecified atom stereocenters. The van der Waals surface area contributed by atoms with E-state index in [1.54, 1.807) is 11.3 Å². The van der Waals surface area contributed by atoms with Crippen molar-refractivity contribution in [2.24, 2.45) is 0 Å². The Bertz CT molecular complexity index is 560. The maximum atomic E-state index is 12.2. The van der Waals surface area contributed by atoms with Crippen LogP contribution in [0.2, 0.25) is 0 Å². The van der Waals surface area contributed by atoms with E-state index in [4.69, 9.17) is 0 Å². The predicted octanol–water partition coefficient (Wildman–Crippen LogP) is 3.53. The van der Waals surface area contributed by atoms with Crippen LogP contribution >= 0.6 is 11.3 Å². The molecule has 0 aliphatic carbocycles. The molecule has 3 rings (SSSR count). The van der Waals surface area contributed by atoms with E-state index in [-0.39, 0.29) is 5.78 Å². The highest BCUT2D eigenvalue weighted by atomic mass is 32.1. The van der Waals surface area contributed by atoms with Crippen LogP contribution in [0.4, 0.5) is 5.69 Å². The summed E-state index contributed by atoms with van der Waals surface area (Å²) in [5, 5.41) is 5.38. The summed E-state index contributed by atoms with van der Waals surface area (Å²) in [4.78, 5) is 13.3. The van der Waals surface area contributed by atoms with Gasteiger partial charge in [-0.3, -0.25) is 4.79 Å². The first kappa shape index (κ1) is 11.5. The summed E-state index contributed by atoms with van der Waals surface area (Å²) in [6.45, 7) is 1.04. The second-order valence-corrected chi connectivity index (χ2v) is 5.61. The molecule has 92 valence electrons. The number of carbonyl (C=O) groups is 1. The molecule has 1 aliphatic rings. The third-order valence-electron chi connectivity index (χ3n) is 3.28. The van der Waals surface area contributed by atoms with Gasteiger partial charge in [-0.2, -0.15) is 0 Å². The maximum Gasteiger partial charge on any atom is 0.168 e. The van der Waals surface area contributed by atoms with Crippen LogP contribution < -0.4 is 5.32 Å². The van der Waals surface area contributed by atoms with Crippen LogP contribution in [0.5, 0.6) is 0 Å². The largest absolute Gasteiger partial charge is 0.385 e. The van der Waals surface area contributed by atoms with Crippen molar-refractivity contribution < 1.29 is 4.79 Å². The van der Waals surface area contributed by atoms with Gasteiger partial charge in [-0.05, 0) is 48.1 Å². The summed E-state index contributed by atoms with van der Waals surface area (Å²) in [7, 11) is 0. The lowest BCUT2D eigenvalue weighted by atomic mass is 9.98. The van der Waals surface area contributed by atoms with Crippen LogP contribution in [-0.4, -0.2) is 12.3 Å². The Hall–Kier alpha value is -1.61. The zero-order valence-corrected chi connectivity index (χ0v) is 10.9. The average Bonchev–Trinajstić information content (AvgIpc) is 2.91. The first-order chi connectivity index (χ1) is 8.83. The number of carbonyl (C=O) groups excluding carboxylic acids is 1. The van der Waals surface area contributed by atoms with Crippen molar-refractivity contribution in [2.75, 3.05) is 11.9 Å².